The molecule has 0 saturated carbocycles. The topological polar surface area (TPSA) is 69.6 Å². The summed E-state index contributed by atoms with van der Waals surface area (Å²) < 4.78 is 35.9. The molecule has 1 atom stereocenters. The number of piperazine rings is 1. The lowest BCUT2D eigenvalue weighted by atomic mass is 10.1. The number of carbonyl (C=O) groups excluding carboxylic acids is 1. The van der Waals surface area contributed by atoms with Gasteiger partial charge in [0.2, 0.25) is 5.91 Å². The highest BCUT2D eigenvalue weighted by atomic mass is 32.2. The van der Waals surface area contributed by atoms with Gasteiger partial charge in [0.1, 0.15) is 0 Å². The fourth-order valence-electron chi connectivity index (χ4n) is 1.70. The van der Waals surface area contributed by atoms with E-state index in [4.69, 9.17) is 5.11 Å². The zero-order valence-electron chi connectivity index (χ0n) is 9.37. The molecule has 5 nitrogen and oxygen atoms in total. The molecule has 1 saturated heterocycles. The number of nitrogens with one attached hydrogen (secondary N) is 1. The Morgan fingerprint density at radius 1 is 1.56 bits per heavy atom. The number of thioether (sulfide) groups is 1. The number of carboxylic acid groups (broad SMARTS) is 1. The second-order valence-electron chi connectivity index (χ2n) is 3.73. The van der Waals surface area contributed by atoms with E-state index in [2.05, 4.69) is 5.32 Å². The Morgan fingerprint density at radius 2 is 2.22 bits per heavy atom. The number of aliphatic carboxylic acids is 1. The Labute approximate surface area is 106 Å². The number of alkyl halides is 3. The van der Waals surface area contributed by atoms with Crippen LogP contribution in [0.1, 0.15) is 6.42 Å². The molecule has 18 heavy (non-hydrogen) atoms. The zero-order valence-corrected chi connectivity index (χ0v) is 10.2. The summed E-state index contributed by atoms with van der Waals surface area (Å²) in [5.74, 6) is -1.81. The smallest absolute Gasteiger partial charge is 0.441 e. The van der Waals surface area contributed by atoms with Gasteiger partial charge < -0.3 is 10.4 Å². The molecular weight excluding hydrogens is 273 g/mol. The Balaban J connectivity index is 2.49. The van der Waals surface area contributed by atoms with Gasteiger partial charge in [0.05, 0.1) is 12.5 Å². The molecule has 104 valence electrons. The number of nitrogens with zero attached hydrogens (tertiary/aromatic N) is 1. The predicted molar refractivity (Wildman–Crippen MR) is 59.1 cm³/mol. The third-order valence-corrected chi connectivity index (χ3v) is 3.17. The van der Waals surface area contributed by atoms with Crippen LogP contribution in [-0.4, -0.2) is 58.8 Å². The molecule has 2 N–H and O–H groups in total. The van der Waals surface area contributed by atoms with Gasteiger partial charge in [0, 0.05) is 25.4 Å². The molecule has 0 aromatic heterocycles. The second-order valence-corrected chi connectivity index (χ2v) is 4.89. The summed E-state index contributed by atoms with van der Waals surface area (Å²) >= 11 is -0.171. The molecule has 1 fully saturated rings. The second kappa shape index (κ2) is 6.28. The first-order chi connectivity index (χ1) is 8.29. The lowest BCUT2D eigenvalue weighted by Crippen LogP contribution is -2.56. The van der Waals surface area contributed by atoms with Gasteiger partial charge in [-0.15, -0.1) is 0 Å². The Hall–Kier alpha value is -0.960. The summed E-state index contributed by atoms with van der Waals surface area (Å²) in [4.78, 5) is 23.5. The zero-order chi connectivity index (χ0) is 13.8. The van der Waals surface area contributed by atoms with Crippen LogP contribution in [-0.2, 0) is 9.59 Å². The molecule has 9 heteroatoms. The number of rotatable bonds is 5. The van der Waals surface area contributed by atoms with E-state index in [9.17, 15) is 22.8 Å². The first-order valence-corrected chi connectivity index (χ1v) is 6.22. The molecule has 1 heterocycles. The van der Waals surface area contributed by atoms with E-state index in [1.807, 2.05) is 0 Å². The number of amides is 1. The van der Waals surface area contributed by atoms with Crippen LogP contribution < -0.4 is 5.32 Å². The summed E-state index contributed by atoms with van der Waals surface area (Å²) in [6, 6.07) is -0.884. The average molecular weight is 286 g/mol. The third kappa shape index (κ3) is 5.13. The van der Waals surface area contributed by atoms with E-state index >= 15 is 0 Å². The summed E-state index contributed by atoms with van der Waals surface area (Å²) in [5, 5.41) is 11.2. The average Bonchev–Trinajstić information content (AvgIpc) is 2.20. The van der Waals surface area contributed by atoms with E-state index in [0.717, 1.165) is 0 Å². The number of carboxylic acids is 1. The van der Waals surface area contributed by atoms with Crippen molar-refractivity contribution in [3.8, 4) is 0 Å². The van der Waals surface area contributed by atoms with Crippen molar-refractivity contribution in [2.75, 3.05) is 25.4 Å². The highest BCUT2D eigenvalue weighted by Gasteiger charge is 2.33. The summed E-state index contributed by atoms with van der Waals surface area (Å²) in [7, 11) is 0. The molecule has 0 aliphatic carbocycles. The van der Waals surface area contributed by atoms with Gasteiger partial charge in [0.15, 0.2) is 0 Å². The van der Waals surface area contributed by atoms with Crippen LogP contribution in [0.5, 0.6) is 0 Å². The minimum Gasteiger partial charge on any atom is -0.481 e. The maximum atomic E-state index is 12.0. The van der Waals surface area contributed by atoms with E-state index in [-0.39, 0.29) is 24.1 Å². The minimum absolute atomic E-state index is 0.0372. The summed E-state index contributed by atoms with van der Waals surface area (Å²) in [6.07, 6.45) is -0.400. The van der Waals surface area contributed by atoms with Crippen molar-refractivity contribution < 1.29 is 27.9 Å². The number of hydrogen-bond donors (Lipinski definition) is 2. The van der Waals surface area contributed by atoms with Crippen LogP contribution in [0.25, 0.3) is 0 Å². The fraction of sp³-hybridized carbons (Fsp3) is 0.778. The first-order valence-electron chi connectivity index (χ1n) is 5.24. The molecular formula is C9H13F3N2O3S. The summed E-state index contributed by atoms with van der Waals surface area (Å²) in [5.41, 5.74) is -4.31. The Morgan fingerprint density at radius 3 is 2.78 bits per heavy atom. The maximum Gasteiger partial charge on any atom is 0.441 e. The van der Waals surface area contributed by atoms with E-state index < -0.39 is 29.8 Å². The van der Waals surface area contributed by atoms with Gasteiger partial charge in [-0.25, -0.2) is 0 Å². The Kier molecular flexibility index (Phi) is 5.27. The van der Waals surface area contributed by atoms with Crippen molar-refractivity contribution in [1.29, 1.82) is 0 Å². The third-order valence-electron chi connectivity index (χ3n) is 2.45. The normalized spacial score (nSPS) is 21.7. The van der Waals surface area contributed by atoms with Crippen molar-refractivity contribution >= 4 is 23.6 Å². The quantitative estimate of drug-likeness (QED) is 0.771. The van der Waals surface area contributed by atoms with Crippen molar-refractivity contribution in [3.63, 3.8) is 0 Å². The molecule has 0 aromatic carbocycles. The van der Waals surface area contributed by atoms with Gasteiger partial charge in [-0.2, -0.15) is 13.2 Å². The maximum absolute atomic E-state index is 12.0. The van der Waals surface area contributed by atoms with E-state index in [0.29, 0.717) is 13.1 Å². The lowest BCUT2D eigenvalue weighted by Gasteiger charge is -2.34. The molecule has 1 aliphatic rings. The van der Waals surface area contributed by atoms with Gasteiger partial charge in [-0.1, -0.05) is 0 Å². The predicted octanol–water partition coefficient (Wildman–Crippen LogP) is 0.514. The lowest BCUT2D eigenvalue weighted by molar-refractivity contribution is -0.143. The van der Waals surface area contributed by atoms with Crippen LogP contribution in [0.4, 0.5) is 13.2 Å². The number of hydrogen-bond acceptors (Lipinski definition) is 4. The molecule has 1 aliphatic heterocycles. The molecule has 0 bridgehead atoms. The van der Waals surface area contributed by atoms with Crippen molar-refractivity contribution in [3.05, 3.63) is 0 Å². The summed E-state index contributed by atoms with van der Waals surface area (Å²) in [6.45, 7) is 0.725. The molecule has 0 radical (unpaired) electrons. The molecule has 1 amide bonds. The van der Waals surface area contributed by atoms with Crippen molar-refractivity contribution in [2.45, 2.75) is 18.0 Å². The van der Waals surface area contributed by atoms with E-state index in [1.165, 1.54) is 4.90 Å². The first kappa shape index (κ1) is 15.1. The number of carbonyl (C=O) groups is 2. The SMILES string of the molecule is O=C(O)CC1C(=O)NCCN1CCSC(F)(F)F. The van der Waals surface area contributed by atoms with Crippen LogP contribution in [0.3, 0.4) is 0 Å². The van der Waals surface area contributed by atoms with Gasteiger partial charge in [0.25, 0.3) is 0 Å². The monoisotopic (exact) mass is 286 g/mol. The van der Waals surface area contributed by atoms with Crippen LogP contribution >= 0.6 is 11.8 Å². The van der Waals surface area contributed by atoms with Gasteiger partial charge >= 0.3 is 11.5 Å². The minimum atomic E-state index is -4.31. The standard InChI is InChI=1S/C9H13F3N2O3S/c10-9(11,12)18-4-3-14-2-1-13-8(17)6(14)5-7(15)16/h6H,1-5H2,(H,13,17)(H,15,16). The molecule has 0 aromatic rings. The molecule has 0 spiro atoms. The van der Waals surface area contributed by atoms with Gasteiger partial charge in [-0.3, -0.25) is 14.5 Å². The van der Waals surface area contributed by atoms with Crippen LogP contribution in [0.2, 0.25) is 0 Å². The highest BCUT2D eigenvalue weighted by molar-refractivity contribution is 8.00. The molecule has 1 rings (SSSR count). The largest absolute Gasteiger partial charge is 0.481 e. The number of halogens is 3. The van der Waals surface area contributed by atoms with Crippen molar-refractivity contribution in [2.24, 2.45) is 0 Å². The van der Waals surface area contributed by atoms with E-state index in [1.54, 1.807) is 0 Å². The Bertz CT molecular complexity index is 325. The van der Waals surface area contributed by atoms with Crippen molar-refractivity contribution in [1.82, 2.24) is 10.2 Å². The van der Waals surface area contributed by atoms with Gasteiger partial charge in [-0.05, 0) is 11.8 Å². The van der Waals surface area contributed by atoms with Crippen LogP contribution in [0, 0.1) is 0 Å². The highest BCUT2D eigenvalue weighted by Crippen LogP contribution is 2.30. The fourth-order valence-corrected chi connectivity index (χ4v) is 2.25. The van der Waals surface area contributed by atoms with Crippen LogP contribution in [0.15, 0.2) is 0 Å². The molecule has 1 unspecified atom stereocenters.